The van der Waals surface area contributed by atoms with Crippen LogP contribution in [0.3, 0.4) is 0 Å². The zero-order valence-corrected chi connectivity index (χ0v) is 26.0. The van der Waals surface area contributed by atoms with Crippen molar-refractivity contribution in [3.63, 3.8) is 0 Å². The molecule has 2 aliphatic rings. The fraction of sp³-hybridized carbons (Fsp3) is 0.467. The van der Waals surface area contributed by atoms with Gasteiger partial charge in [-0.15, -0.1) is 0 Å². The number of methoxy groups -OCH3 is 2. The van der Waals surface area contributed by atoms with Crippen molar-refractivity contribution >= 4 is 35.5 Å². The van der Waals surface area contributed by atoms with Crippen molar-refractivity contribution in [3.8, 4) is 0 Å². The van der Waals surface area contributed by atoms with Gasteiger partial charge in [0.15, 0.2) is 0 Å². The molecule has 2 aromatic carbocycles. The van der Waals surface area contributed by atoms with E-state index in [9.17, 15) is 49.8 Å². The number of carbonyl (C=O) groups excluding carboxylic acids is 4. The summed E-state index contributed by atoms with van der Waals surface area (Å²) in [5.74, 6) is -2.69. The Labute approximate surface area is 272 Å². The van der Waals surface area contributed by atoms with E-state index in [0.717, 1.165) is 0 Å². The predicted octanol–water partition coefficient (Wildman–Crippen LogP) is -2.23. The summed E-state index contributed by atoms with van der Waals surface area (Å²) in [6.45, 7) is -1.44. The van der Waals surface area contributed by atoms with Crippen molar-refractivity contribution < 1.29 is 68.8 Å². The molecule has 16 nitrogen and oxygen atoms in total. The summed E-state index contributed by atoms with van der Waals surface area (Å²) in [6, 6.07) is 7.98. The van der Waals surface area contributed by atoms with E-state index >= 15 is 0 Å². The average Bonchev–Trinajstić information content (AvgIpc) is 3.09. The SMILES string of the molecule is COC(=O)c1ccc(C(=O)N[C@@H]2[C@@H](O)[C@@H](CO)O[C@@H](S[C@@H]3O[C@H](CO)[C@H](O)[C@@H](NC(=O)c4ccc(C(=O)OC)cc4)[C@H]3O)[C@@H]2O)cc1. The third kappa shape index (κ3) is 8.08. The lowest BCUT2D eigenvalue weighted by atomic mass is 9.96. The number of rotatable bonds is 10. The van der Waals surface area contributed by atoms with Crippen LogP contribution in [0.1, 0.15) is 41.4 Å². The number of hydrogen-bond donors (Lipinski definition) is 8. The molecule has 2 fully saturated rings. The molecule has 2 saturated heterocycles. The van der Waals surface area contributed by atoms with E-state index in [1.54, 1.807) is 0 Å². The third-order valence-corrected chi connectivity index (χ3v) is 9.09. The Morgan fingerprint density at radius 3 is 1.23 bits per heavy atom. The summed E-state index contributed by atoms with van der Waals surface area (Å²) in [5, 5.41) is 68.7. The lowest BCUT2D eigenvalue weighted by molar-refractivity contribution is -0.175. The monoisotopic (exact) mass is 680 g/mol. The van der Waals surface area contributed by atoms with Crippen molar-refractivity contribution in [1.82, 2.24) is 10.6 Å². The maximum Gasteiger partial charge on any atom is 0.337 e. The second kappa shape index (κ2) is 16.0. The minimum Gasteiger partial charge on any atom is -0.465 e. The van der Waals surface area contributed by atoms with Gasteiger partial charge in [0.1, 0.15) is 47.5 Å². The van der Waals surface area contributed by atoms with Crippen LogP contribution in [0.4, 0.5) is 0 Å². The summed E-state index contributed by atoms with van der Waals surface area (Å²) >= 11 is 0.674. The molecule has 2 aromatic rings. The van der Waals surface area contributed by atoms with Crippen LogP contribution in [-0.4, -0.2) is 141 Å². The summed E-state index contributed by atoms with van der Waals surface area (Å²) in [7, 11) is 2.41. The highest BCUT2D eigenvalue weighted by Crippen LogP contribution is 2.37. The number of thioether (sulfide) groups is 1. The molecular formula is C30H36N2O14S. The van der Waals surface area contributed by atoms with Crippen molar-refractivity contribution in [1.29, 1.82) is 0 Å². The van der Waals surface area contributed by atoms with E-state index < -0.39 is 96.5 Å². The normalized spacial score (nSPS) is 30.6. The second-order valence-corrected chi connectivity index (χ2v) is 11.9. The highest BCUT2D eigenvalue weighted by Gasteiger charge is 2.50. The molecule has 0 radical (unpaired) electrons. The number of carbonyl (C=O) groups is 4. The van der Waals surface area contributed by atoms with Crippen molar-refractivity contribution in [2.24, 2.45) is 0 Å². The molecule has 2 amide bonds. The number of aliphatic hydroxyl groups is 6. The van der Waals surface area contributed by atoms with E-state index in [1.807, 2.05) is 0 Å². The summed E-state index contributed by atoms with van der Waals surface area (Å²) in [4.78, 5) is 49.4. The second-order valence-electron chi connectivity index (χ2n) is 10.7. The minimum absolute atomic E-state index is 0.0811. The number of aliphatic hydroxyl groups excluding tert-OH is 6. The summed E-state index contributed by atoms with van der Waals surface area (Å²) < 4.78 is 20.6. The molecular weight excluding hydrogens is 644 g/mol. The van der Waals surface area contributed by atoms with Gasteiger partial charge in [0, 0.05) is 11.1 Å². The molecule has 0 spiro atoms. The first kappa shape index (κ1) is 36.2. The summed E-state index contributed by atoms with van der Waals surface area (Å²) in [5.41, 5.74) is -2.15. The van der Waals surface area contributed by atoms with Gasteiger partial charge in [-0.05, 0) is 48.5 Å². The van der Waals surface area contributed by atoms with Crippen LogP contribution in [-0.2, 0) is 18.9 Å². The van der Waals surface area contributed by atoms with Gasteiger partial charge in [0.25, 0.3) is 11.8 Å². The smallest absolute Gasteiger partial charge is 0.337 e. The fourth-order valence-electron chi connectivity index (χ4n) is 5.09. The largest absolute Gasteiger partial charge is 0.465 e. The number of esters is 2. The third-order valence-electron chi connectivity index (χ3n) is 7.77. The van der Waals surface area contributed by atoms with Gasteiger partial charge >= 0.3 is 11.9 Å². The van der Waals surface area contributed by atoms with Gasteiger partial charge in [0.05, 0.1) is 50.6 Å². The van der Waals surface area contributed by atoms with E-state index in [1.165, 1.54) is 62.8 Å². The van der Waals surface area contributed by atoms with Crippen LogP contribution in [0.25, 0.3) is 0 Å². The maximum absolute atomic E-state index is 13.0. The first-order valence-electron chi connectivity index (χ1n) is 14.3. The van der Waals surface area contributed by atoms with Gasteiger partial charge in [0.2, 0.25) is 0 Å². The van der Waals surface area contributed by atoms with Gasteiger partial charge in [-0.2, -0.15) is 0 Å². The van der Waals surface area contributed by atoms with Gasteiger partial charge < -0.3 is 60.2 Å². The fourth-order valence-corrected chi connectivity index (χ4v) is 6.43. The Balaban J connectivity index is 1.49. The predicted molar refractivity (Wildman–Crippen MR) is 161 cm³/mol. The number of amides is 2. The molecule has 0 bridgehead atoms. The topological polar surface area (TPSA) is 251 Å². The summed E-state index contributed by atoms with van der Waals surface area (Å²) in [6.07, 6.45) is -9.04. The standard InChI is InChI=1S/C30H36N2O14S/c1-43-27(41)15-7-3-13(4-8-15)25(39)31-19-21(35)17(11-33)45-29(23(19)37)47-30-24(38)20(22(36)18(12-34)46-30)32-26(40)14-5-9-16(10-6-14)28(42)44-2/h3-10,17-24,29-30,33-38H,11-12H2,1-2H3,(H,31,39)(H,32,40)/t17-,18-,19-,20-,21+,22+,23-,24-,29+,30+/m1/s1. The van der Waals surface area contributed by atoms with Crippen LogP contribution in [0.5, 0.6) is 0 Å². The molecule has 0 saturated carbocycles. The number of nitrogens with one attached hydrogen (secondary N) is 2. The van der Waals surface area contributed by atoms with Gasteiger partial charge in [-0.25, -0.2) is 9.59 Å². The van der Waals surface area contributed by atoms with E-state index in [2.05, 4.69) is 20.1 Å². The van der Waals surface area contributed by atoms with Gasteiger partial charge in [-0.1, -0.05) is 11.8 Å². The average molecular weight is 681 g/mol. The minimum atomic E-state index is -1.65. The Bertz CT molecular complexity index is 1300. The maximum atomic E-state index is 13.0. The van der Waals surface area contributed by atoms with Crippen LogP contribution in [0, 0.1) is 0 Å². The van der Waals surface area contributed by atoms with Crippen LogP contribution < -0.4 is 10.6 Å². The van der Waals surface area contributed by atoms with Crippen LogP contribution in [0.2, 0.25) is 0 Å². The molecule has 8 N–H and O–H groups in total. The van der Waals surface area contributed by atoms with Crippen molar-refractivity contribution in [2.45, 2.75) is 59.6 Å². The molecule has 0 unspecified atom stereocenters. The molecule has 256 valence electrons. The highest BCUT2D eigenvalue weighted by atomic mass is 32.2. The van der Waals surface area contributed by atoms with E-state index in [4.69, 9.17) is 9.47 Å². The molecule has 4 rings (SSSR count). The first-order valence-corrected chi connectivity index (χ1v) is 15.3. The number of ether oxygens (including phenoxy) is 4. The zero-order chi connectivity index (χ0) is 34.4. The zero-order valence-electron chi connectivity index (χ0n) is 25.2. The number of hydrogen-bond acceptors (Lipinski definition) is 15. The van der Waals surface area contributed by atoms with Crippen LogP contribution in [0.15, 0.2) is 48.5 Å². The van der Waals surface area contributed by atoms with Crippen molar-refractivity contribution in [2.75, 3.05) is 27.4 Å². The first-order chi connectivity index (χ1) is 22.4. The Morgan fingerprint density at radius 2 is 0.936 bits per heavy atom. The molecule has 0 aromatic heterocycles. The van der Waals surface area contributed by atoms with Crippen LogP contribution >= 0.6 is 11.8 Å². The van der Waals surface area contributed by atoms with E-state index in [-0.39, 0.29) is 22.3 Å². The molecule has 2 aliphatic heterocycles. The highest BCUT2D eigenvalue weighted by molar-refractivity contribution is 8.00. The Kier molecular flexibility index (Phi) is 12.3. The quantitative estimate of drug-likeness (QED) is 0.124. The number of benzene rings is 2. The van der Waals surface area contributed by atoms with E-state index in [0.29, 0.717) is 11.8 Å². The van der Waals surface area contributed by atoms with Crippen molar-refractivity contribution in [3.05, 3.63) is 70.8 Å². The molecule has 10 atom stereocenters. The lowest BCUT2D eigenvalue weighted by Crippen LogP contribution is -2.66. The van der Waals surface area contributed by atoms with Gasteiger partial charge in [-0.3, -0.25) is 9.59 Å². The Morgan fingerprint density at radius 1 is 0.617 bits per heavy atom. The molecule has 2 heterocycles. The lowest BCUT2D eigenvalue weighted by Gasteiger charge is -2.46. The Hall–Kier alpha value is -3.65. The molecule has 17 heteroatoms. The molecule has 47 heavy (non-hydrogen) atoms. The molecule has 0 aliphatic carbocycles.